The first-order chi connectivity index (χ1) is 13.0. The molecule has 0 bridgehead atoms. The van der Waals surface area contributed by atoms with Crippen LogP contribution in [0.15, 0.2) is 78.3 Å². The van der Waals surface area contributed by atoms with Crippen LogP contribution in [-0.2, 0) is 19.0 Å². The fourth-order valence-corrected chi connectivity index (χ4v) is 3.35. The zero-order valence-corrected chi connectivity index (χ0v) is 16.1. The van der Waals surface area contributed by atoms with Crippen LogP contribution in [0, 0.1) is 5.92 Å². The Hall–Kier alpha value is -3.01. The summed E-state index contributed by atoms with van der Waals surface area (Å²) in [5.74, 6) is -0.553. The fraction of sp³-hybridized carbons (Fsp3) is 0.261. The SMILES string of the molecule is COC(=O)C1=C(OC)OC(C)(C)C1C=C(c1ccccc1)c1ccccc1. The van der Waals surface area contributed by atoms with Crippen molar-refractivity contribution in [2.45, 2.75) is 19.4 Å². The largest absolute Gasteiger partial charge is 0.468 e. The van der Waals surface area contributed by atoms with Gasteiger partial charge in [0.1, 0.15) is 11.2 Å². The second-order valence-corrected chi connectivity index (χ2v) is 6.89. The number of esters is 1. The van der Waals surface area contributed by atoms with Gasteiger partial charge in [-0.2, -0.15) is 0 Å². The van der Waals surface area contributed by atoms with Crippen LogP contribution in [0.2, 0.25) is 0 Å². The Morgan fingerprint density at radius 1 is 0.963 bits per heavy atom. The molecular formula is C23H24O4. The average molecular weight is 364 g/mol. The number of ether oxygens (including phenoxy) is 3. The van der Waals surface area contributed by atoms with Gasteiger partial charge in [0.25, 0.3) is 5.95 Å². The quantitative estimate of drug-likeness (QED) is 0.729. The van der Waals surface area contributed by atoms with E-state index < -0.39 is 11.6 Å². The van der Waals surface area contributed by atoms with Crippen molar-refractivity contribution >= 4 is 11.5 Å². The Kier molecular flexibility index (Phi) is 5.36. The molecule has 27 heavy (non-hydrogen) atoms. The van der Waals surface area contributed by atoms with E-state index in [1.54, 1.807) is 0 Å². The Morgan fingerprint density at radius 3 is 1.93 bits per heavy atom. The molecule has 0 amide bonds. The number of hydrogen-bond acceptors (Lipinski definition) is 4. The minimum Gasteiger partial charge on any atom is -0.468 e. The fourth-order valence-electron chi connectivity index (χ4n) is 3.35. The first-order valence-corrected chi connectivity index (χ1v) is 8.86. The number of hydrogen-bond donors (Lipinski definition) is 0. The molecule has 1 aliphatic heterocycles. The van der Waals surface area contributed by atoms with Gasteiger partial charge in [0.2, 0.25) is 0 Å². The number of methoxy groups -OCH3 is 2. The molecule has 1 aliphatic rings. The van der Waals surface area contributed by atoms with Gasteiger partial charge >= 0.3 is 5.97 Å². The lowest BCUT2D eigenvalue weighted by Crippen LogP contribution is -2.30. The monoisotopic (exact) mass is 364 g/mol. The molecule has 0 N–H and O–H groups in total. The summed E-state index contributed by atoms with van der Waals surface area (Å²) in [6.45, 7) is 3.88. The highest BCUT2D eigenvalue weighted by atomic mass is 16.7. The average Bonchev–Trinajstić information content (AvgIpc) is 2.96. The van der Waals surface area contributed by atoms with Gasteiger partial charge < -0.3 is 14.2 Å². The minimum absolute atomic E-state index is 0.216. The van der Waals surface area contributed by atoms with Gasteiger partial charge in [-0.05, 0) is 30.5 Å². The number of benzene rings is 2. The second kappa shape index (κ2) is 7.70. The maximum absolute atomic E-state index is 12.5. The van der Waals surface area contributed by atoms with Crippen LogP contribution in [0.25, 0.3) is 5.57 Å². The summed E-state index contributed by atoms with van der Waals surface area (Å²) in [4.78, 5) is 12.5. The van der Waals surface area contributed by atoms with Gasteiger partial charge in [-0.25, -0.2) is 4.79 Å². The van der Waals surface area contributed by atoms with Crippen LogP contribution in [0.5, 0.6) is 0 Å². The van der Waals surface area contributed by atoms with Crippen molar-refractivity contribution < 1.29 is 19.0 Å². The molecule has 1 unspecified atom stereocenters. The highest BCUT2D eigenvalue weighted by molar-refractivity contribution is 5.91. The normalized spacial score (nSPS) is 17.9. The predicted octanol–water partition coefficient (Wildman–Crippen LogP) is 4.57. The van der Waals surface area contributed by atoms with Crippen molar-refractivity contribution in [1.29, 1.82) is 0 Å². The number of carbonyl (C=O) groups is 1. The topological polar surface area (TPSA) is 44.8 Å². The zero-order valence-electron chi connectivity index (χ0n) is 16.1. The van der Waals surface area contributed by atoms with Crippen molar-refractivity contribution in [3.05, 3.63) is 89.4 Å². The van der Waals surface area contributed by atoms with E-state index in [0.717, 1.165) is 16.7 Å². The lowest BCUT2D eigenvalue weighted by Gasteiger charge is -2.26. The van der Waals surface area contributed by atoms with Crippen molar-refractivity contribution in [1.82, 2.24) is 0 Å². The Labute approximate surface area is 160 Å². The van der Waals surface area contributed by atoms with Gasteiger partial charge in [0.15, 0.2) is 0 Å². The molecule has 0 saturated heterocycles. The maximum Gasteiger partial charge on any atom is 0.341 e. The van der Waals surface area contributed by atoms with E-state index in [-0.39, 0.29) is 11.9 Å². The molecule has 2 aromatic carbocycles. The molecule has 1 heterocycles. The van der Waals surface area contributed by atoms with E-state index in [1.807, 2.05) is 50.2 Å². The Bertz CT molecular complexity index is 822. The van der Waals surface area contributed by atoms with Crippen LogP contribution >= 0.6 is 0 Å². The van der Waals surface area contributed by atoms with Crippen molar-refractivity contribution in [3.63, 3.8) is 0 Å². The van der Waals surface area contributed by atoms with Gasteiger partial charge in [0.05, 0.1) is 20.1 Å². The van der Waals surface area contributed by atoms with Gasteiger partial charge in [-0.15, -0.1) is 0 Å². The lowest BCUT2D eigenvalue weighted by atomic mass is 9.82. The van der Waals surface area contributed by atoms with Gasteiger partial charge in [0, 0.05) is 0 Å². The molecular weight excluding hydrogens is 340 g/mol. The van der Waals surface area contributed by atoms with Crippen LogP contribution < -0.4 is 0 Å². The molecule has 4 heteroatoms. The third-order valence-corrected chi connectivity index (χ3v) is 4.73. The summed E-state index contributed by atoms with van der Waals surface area (Å²) in [5.41, 5.74) is 2.90. The summed E-state index contributed by atoms with van der Waals surface area (Å²) in [6, 6.07) is 20.2. The third kappa shape index (κ3) is 3.75. The lowest BCUT2D eigenvalue weighted by molar-refractivity contribution is -0.136. The van der Waals surface area contributed by atoms with Gasteiger partial charge in [-0.1, -0.05) is 66.7 Å². The van der Waals surface area contributed by atoms with E-state index in [2.05, 4.69) is 30.3 Å². The van der Waals surface area contributed by atoms with E-state index in [4.69, 9.17) is 14.2 Å². The molecule has 140 valence electrons. The smallest absolute Gasteiger partial charge is 0.341 e. The molecule has 0 fully saturated rings. The van der Waals surface area contributed by atoms with Crippen LogP contribution in [-0.4, -0.2) is 25.8 Å². The van der Waals surface area contributed by atoms with E-state index in [0.29, 0.717) is 5.57 Å². The molecule has 2 aromatic rings. The van der Waals surface area contributed by atoms with E-state index in [1.165, 1.54) is 14.2 Å². The first-order valence-electron chi connectivity index (χ1n) is 8.86. The van der Waals surface area contributed by atoms with Crippen LogP contribution in [0.1, 0.15) is 25.0 Å². The molecule has 0 aliphatic carbocycles. The molecule has 0 aromatic heterocycles. The van der Waals surface area contributed by atoms with Gasteiger partial charge in [-0.3, -0.25) is 0 Å². The standard InChI is InChI=1S/C23H24O4/c1-23(2)19(20(21(24)25-3)22(26-4)27-23)15-18(16-11-7-5-8-12-16)17-13-9-6-10-14-17/h5-15,19H,1-4H3. The summed E-state index contributed by atoms with van der Waals surface area (Å²) in [6.07, 6.45) is 2.07. The molecule has 0 radical (unpaired) electrons. The molecule has 0 spiro atoms. The Morgan fingerprint density at radius 2 is 1.48 bits per heavy atom. The Balaban J connectivity index is 2.18. The highest BCUT2D eigenvalue weighted by Crippen LogP contribution is 2.43. The number of carbonyl (C=O) groups excluding carboxylic acids is 1. The summed E-state index contributed by atoms with van der Waals surface area (Å²) >= 11 is 0. The summed E-state index contributed by atoms with van der Waals surface area (Å²) < 4.78 is 16.3. The van der Waals surface area contributed by atoms with E-state index in [9.17, 15) is 4.79 Å². The van der Waals surface area contributed by atoms with Crippen LogP contribution in [0.4, 0.5) is 0 Å². The molecule has 4 nitrogen and oxygen atoms in total. The maximum atomic E-state index is 12.5. The molecule has 0 saturated carbocycles. The summed E-state index contributed by atoms with van der Waals surface area (Å²) in [7, 11) is 2.86. The number of rotatable bonds is 5. The minimum atomic E-state index is -0.649. The van der Waals surface area contributed by atoms with Crippen LogP contribution in [0.3, 0.4) is 0 Å². The molecule has 1 atom stereocenters. The second-order valence-electron chi connectivity index (χ2n) is 6.89. The first kappa shape index (κ1) is 18.8. The van der Waals surface area contributed by atoms with Crippen molar-refractivity contribution in [2.24, 2.45) is 5.92 Å². The molecule has 3 rings (SSSR count). The van der Waals surface area contributed by atoms with Crippen molar-refractivity contribution in [2.75, 3.05) is 14.2 Å². The predicted molar refractivity (Wildman–Crippen MR) is 105 cm³/mol. The summed E-state index contributed by atoms with van der Waals surface area (Å²) in [5, 5.41) is 0. The zero-order chi connectivity index (χ0) is 19.4. The van der Waals surface area contributed by atoms with Crippen molar-refractivity contribution in [3.8, 4) is 0 Å². The third-order valence-electron chi connectivity index (χ3n) is 4.73. The highest BCUT2D eigenvalue weighted by Gasteiger charge is 2.46. The van der Waals surface area contributed by atoms with E-state index >= 15 is 0 Å².